The molecule has 0 aliphatic carbocycles. The molecule has 0 aromatic heterocycles. The van der Waals surface area contributed by atoms with Gasteiger partial charge in [0.1, 0.15) is 11.6 Å². The van der Waals surface area contributed by atoms with Crippen LogP contribution in [0.5, 0.6) is 5.75 Å². The predicted octanol–water partition coefficient (Wildman–Crippen LogP) is 1.68. The van der Waals surface area contributed by atoms with E-state index in [2.05, 4.69) is 4.74 Å². The number of nitrogens with two attached hydrogens (primary N) is 2. The van der Waals surface area contributed by atoms with E-state index in [0.29, 0.717) is 6.07 Å². The van der Waals surface area contributed by atoms with Crippen molar-refractivity contribution in [1.82, 2.24) is 0 Å². The highest BCUT2D eigenvalue weighted by atomic mass is 19.4. The van der Waals surface area contributed by atoms with Crippen LogP contribution in [0.25, 0.3) is 0 Å². The topological polar surface area (TPSA) is 61.3 Å². The Labute approximate surface area is 89.0 Å². The summed E-state index contributed by atoms with van der Waals surface area (Å²) in [5.41, 5.74) is 10.7. The zero-order chi connectivity index (χ0) is 12.3. The van der Waals surface area contributed by atoms with Crippen molar-refractivity contribution in [2.75, 3.05) is 6.54 Å². The highest BCUT2D eigenvalue weighted by Crippen LogP contribution is 2.25. The number of ether oxygens (including phenoxy) is 1. The molecule has 0 fully saturated rings. The minimum atomic E-state index is -4.84. The highest BCUT2D eigenvalue weighted by Gasteiger charge is 2.31. The molecule has 1 rings (SSSR count). The van der Waals surface area contributed by atoms with Crippen LogP contribution in [0.15, 0.2) is 18.2 Å². The molecule has 0 radical (unpaired) electrons. The van der Waals surface area contributed by atoms with Gasteiger partial charge in [0.05, 0.1) is 0 Å². The largest absolute Gasteiger partial charge is 0.573 e. The van der Waals surface area contributed by atoms with E-state index in [1.807, 2.05) is 0 Å². The Bertz CT molecular complexity index is 367. The Balaban J connectivity index is 2.91. The Kier molecular flexibility index (Phi) is 3.71. The fourth-order valence-electron chi connectivity index (χ4n) is 1.13. The van der Waals surface area contributed by atoms with Gasteiger partial charge in [-0.1, -0.05) is 6.07 Å². The minimum absolute atomic E-state index is 0.00358. The Morgan fingerprint density at radius 1 is 1.31 bits per heavy atom. The molecule has 16 heavy (non-hydrogen) atoms. The molecule has 1 aromatic carbocycles. The van der Waals surface area contributed by atoms with Gasteiger partial charge >= 0.3 is 6.36 Å². The van der Waals surface area contributed by atoms with Crippen LogP contribution in [0.2, 0.25) is 0 Å². The zero-order valence-electron chi connectivity index (χ0n) is 8.09. The van der Waals surface area contributed by atoms with E-state index in [1.54, 1.807) is 0 Å². The number of hydrogen-bond acceptors (Lipinski definition) is 3. The van der Waals surface area contributed by atoms with Gasteiger partial charge in [0.15, 0.2) is 0 Å². The third kappa shape index (κ3) is 3.35. The number of rotatable bonds is 3. The van der Waals surface area contributed by atoms with E-state index in [1.165, 1.54) is 0 Å². The molecule has 90 valence electrons. The van der Waals surface area contributed by atoms with Crippen LogP contribution in [-0.4, -0.2) is 12.9 Å². The van der Waals surface area contributed by atoms with Gasteiger partial charge in [-0.3, -0.25) is 0 Å². The van der Waals surface area contributed by atoms with Crippen LogP contribution in [-0.2, 0) is 0 Å². The Hall–Kier alpha value is -1.34. The molecule has 0 saturated heterocycles. The summed E-state index contributed by atoms with van der Waals surface area (Å²) in [7, 11) is 0. The average Bonchev–Trinajstić information content (AvgIpc) is 2.14. The van der Waals surface area contributed by atoms with Crippen molar-refractivity contribution >= 4 is 0 Å². The first-order chi connectivity index (χ1) is 7.33. The lowest BCUT2D eigenvalue weighted by Crippen LogP contribution is -2.22. The molecule has 0 heterocycles. The van der Waals surface area contributed by atoms with Crippen molar-refractivity contribution in [3.05, 3.63) is 29.6 Å². The Morgan fingerprint density at radius 2 is 1.94 bits per heavy atom. The molecular weight excluding hydrogens is 228 g/mol. The van der Waals surface area contributed by atoms with Crippen molar-refractivity contribution in [3.8, 4) is 5.75 Å². The molecule has 1 atom stereocenters. The maximum atomic E-state index is 13.3. The molecule has 0 unspecified atom stereocenters. The summed E-state index contributed by atoms with van der Waals surface area (Å²) in [6, 6.07) is 1.98. The van der Waals surface area contributed by atoms with Crippen LogP contribution in [0.1, 0.15) is 11.6 Å². The van der Waals surface area contributed by atoms with Crippen LogP contribution in [0.3, 0.4) is 0 Å². The zero-order valence-corrected chi connectivity index (χ0v) is 8.09. The van der Waals surface area contributed by atoms with Crippen LogP contribution in [0.4, 0.5) is 17.6 Å². The summed E-state index contributed by atoms with van der Waals surface area (Å²) >= 11 is 0. The van der Waals surface area contributed by atoms with Gasteiger partial charge in [-0.15, -0.1) is 13.2 Å². The summed E-state index contributed by atoms with van der Waals surface area (Å²) in [6.45, 7) is -0.00358. The van der Waals surface area contributed by atoms with Crippen LogP contribution in [0, 0.1) is 5.82 Å². The summed E-state index contributed by atoms with van der Waals surface area (Å²) in [4.78, 5) is 0. The summed E-state index contributed by atoms with van der Waals surface area (Å²) in [5.74, 6) is -1.50. The Morgan fingerprint density at radius 3 is 2.38 bits per heavy atom. The second kappa shape index (κ2) is 4.67. The van der Waals surface area contributed by atoms with Gasteiger partial charge < -0.3 is 16.2 Å². The summed E-state index contributed by atoms with van der Waals surface area (Å²) in [5, 5.41) is 0. The number of hydrogen-bond donors (Lipinski definition) is 2. The average molecular weight is 238 g/mol. The molecule has 0 aliphatic heterocycles. The minimum Gasteiger partial charge on any atom is -0.406 e. The van der Waals surface area contributed by atoms with Crippen molar-refractivity contribution in [2.45, 2.75) is 12.4 Å². The van der Waals surface area contributed by atoms with Crippen molar-refractivity contribution in [2.24, 2.45) is 11.5 Å². The molecule has 1 aromatic rings. The van der Waals surface area contributed by atoms with Gasteiger partial charge in [0, 0.05) is 24.2 Å². The van der Waals surface area contributed by atoms with E-state index in [-0.39, 0.29) is 12.1 Å². The van der Waals surface area contributed by atoms with E-state index in [4.69, 9.17) is 11.5 Å². The lowest BCUT2D eigenvalue weighted by atomic mass is 10.1. The summed E-state index contributed by atoms with van der Waals surface area (Å²) < 4.78 is 52.2. The van der Waals surface area contributed by atoms with E-state index in [0.717, 1.165) is 12.1 Å². The van der Waals surface area contributed by atoms with Gasteiger partial charge in [-0.25, -0.2) is 4.39 Å². The molecule has 4 N–H and O–H groups in total. The fourth-order valence-corrected chi connectivity index (χ4v) is 1.13. The highest BCUT2D eigenvalue weighted by molar-refractivity contribution is 5.31. The molecule has 7 heteroatoms. The van der Waals surface area contributed by atoms with Gasteiger partial charge in [-0.2, -0.15) is 0 Å². The third-order valence-electron chi connectivity index (χ3n) is 1.86. The third-order valence-corrected chi connectivity index (χ3v) is 1.86. The molecule has 0 aliphatic rings. The number of alkyl halides is 3. The van der Waals surface area contributed by atoms with E-state index in [9.17, 15) is 17.6 Å². The van der Waals surface area contributed by atoms with Crippen LogP contribution < -0.4 is 16.2 Å². The van der Waals surface area contributed by atoms with Gasteiger partial charge in [0.2, 0.25) is 0 Å². The number of benzene rings is 1. The van der Waals surface area contributed by atoms with Crippen molar-refractivity contribution in [3.63, 3.8) is 0 Å². The first-order valence-electron chi connectivity index (χ1n) is 4.34. The molecule has 0 amide bonds. The van der Waals surface area contributed by atoms with Gasteiger partial charge in [0.25, 0.3) is 0 Å². The second-order valence-corrected chi connectivity index (χ2v) is 3.07. The molecule has 0 spiro atoms. The van der Waals surface area contributed by atoms with E-state index < -0.39 is 24.0 Å². The summed E-state index contributed by atoms with van der Waals surface area (Å²) in [6.07, 6.45) is -4.84. The van der Waals surface area contributed by atoms with Crippen molar-refractivity contribution in [1.29, 1.82) is 0 Å². The van der Waals surface area contributed by atoms with Gasteiger partial charge in [-0.05, 0) is 6.07 Å². The maximum Gasteiger partial charge on any atom is 0.573 e. The quantitative estimate of drug-likeness (QED) is 0.787. The lowest BCUT2D eigenvalue weighted by Gasteiger charge is -2.13. The van der Waals surface area contributed by atoms with Crippen LogP contribution >= 0.6 is 0 Å². The maximum absolute atomic E-state index is 13.3. The lowest BCUT2D eigenvalue weighted by molar-refractivity contribution is -0.274. The normalized spacial score (nSPS) is 13.6. The predicted molar refractivity (Wildman–Crippen MR) is 49.1 cm³/mol. The molecular formula is C9H10F4N2O. The SMILES string of the molecule is NC[C@@H](N)c1ccc(OC(F)(F)F)cc1F. The molecule has 3 nitrogen and oxygen atoms in total. The first-order valence-corrected chi connectivity index (χ1v) is 4.34. The smallest absolute Gasteiger partial charge is 0.406 e. The second-order valence-electron chi connectivity index (χ2n) is 3.07. The molecule has 0 saturated carbocycles. The molecule has 0 bridgehead atoms. The standard InChI is InChI=1S/C9H10F4N2O/c10-7-3-5(16-9(11,12)13)1-2-6(7)8(15)4-14/h1-3,8H,4,14-15H2/t8-/m1/s1. The fraction of sp³-hybridized carbons (Fsp3) is 0.333. The first kappa shape index (κ1) is 12.7. The van der Waals surface area contributed by atoms with E-state index >= 15 is 0 Å². The van der Waals surface area contributed by atoms with Crippen molar-refractivity contribution < 1.29 is 22.3 Å². The monoisotopic (exact) mass is 238 g/mol. The number of halogens is 4.